The monoisotopic (exact) mass is 345 g/mol. The summed E-state index contributed by atoms with van der Waals surface area (Å²) in [5, 5.41) is 20.6. The van der Waals surface area contributed by atoms with Gasteiger partial charge in [-0.1, -0.05) is 20.8 Å². The lowest BCUT2D eigenvalue weighted by atomic mass is 9.92. The highest BCUT2D eigenvalue weighted by Gasteiger charge is 2.28. The van der Waals surface area contributed by atoms with Crippen molar-refractivity contribution in [3.63, 3.8) is 0 Å². The number of aromatic amines is 1. The minimum atomic E-state index is -0.0519. The number of rotatable bonds is 4. The van der Waals surface area contributed by atoms with E-state index in [2.05, 4.69) is 36.1 Å². The van der Waals surface area contributed by atoms with E-state index >= 15 is 0 Å². The van der Waals surface area contributed by atoms with Crippen LogP contribution in [0.5, 0.6) is 0 Å². The standard InChI is InChI=1S/C18H27N5O2/c1-18(2,3)16-12-14(20-21-16)17(25)22-8-5-13(6-9-22)15-4-7-19-23(15)10-11-24/h4,7,12-13,24H,5-6,8-11H2,1-3H3,(H,20,21). The molecular formula is C18H27N5O2. The molecule has 0 aromatic carbocycles. The minimum Gasteiger partial charge on any atom is -0.394 e. The number of amides is 1. The summed E-state index contributed by atoms with van der Waals surface area (Å²) in [6, 6.07) is 3.88. The first-order chi connectivity index (χ1) is 11.9. The second-order valence-electron chi connectivity index (χ2n) is 7.69. The third-order valence-electron chi connectivity index (χ3n) is 4.87. The van der Waals surface area contributed by atoms with E-state index in [1.54, 1.807) is 6.20 Å². The fourth-order valence-electron chi connectivity index (χ4n) is 3.33. The summed E-state index contributed by atoms with van der Waals surface area (Å²) in [6.45, 7) is 8.31. The fourth-order valence-corrected chi connectivity index (χ4v) is 3.33. The lowest BCUT2D eigenvalue weighted by Crippen LogP contribution is -2.38. The molecule has 0 saturated carbocycles. The summed E-state index contributed by atoms with van der Waals surface area (Å²) in [4.78, 5) is 14.6. The van der Waals surface area contributed by atoms with Crippen molar-refractivity contribution in [1.82, 2.24) is 24.9 Å². The molecule has 1 aliphatic rings. The second-order valence-corrected chi connectivity index (χ2v) is 7.69. The van der Waals surface area contributed by atoms with Gasteiger partial charge in [-0.25, -0.2) is 0 Å². The largest absolute Gasteiger partial charge is 0.394 e. The summed E-state index contributed by atoms with van der Waals surface area (Å²) in [5.74, 6) is 0.372. The van der Waals surface area contributed by atoms with E-state index in [1.165, 1.54) is 0 Å². The molecule has 3 rings (SSSR count). The second kappa shape index (κ2) is 7.00. The van der Waals surface area contributed by atoms with E-state index in [0.717, 1.165) is 24.2 Å². The van der Waals surface area contributed by atoms with Crippen LogP contribution in [-0.4, -0.2) is 55.6 Å². The number of hydrogen-bond donors (Lipinski definition) is 2. The highest BCUT2D eigenvalue weighted by atomic mass is 16.3. The molecule has 0 bridgehead atoms. The van der Waals surface area contributed by atoms with Crippen molar-refractivity contribution in [2.75, 3.05) is 19.7 Å². The summed E-state index contributed by atoms with van der Waals surface area (Å²) in [7, 11) is 0. The molecule has 3 heterocycles. The molecule has 136 valence electrons. The third-order valence-corrected chi connectivity index (χ3v) is 4.87. The van der Waals surface area contributed by atoms with E-state index < -0.39 is 0 Å². The van der Waals surface area contributed by atoms with Gasteiger partial charge < -0.3 is 10.0 Å². The molecule has 0 atom stereocenters. The van der Waals surface area contributed by atoms with Crippen LogP contribution in [-0.2, 0) is 12.0 Å². The molecule has 25 heavy (non-hydrogen) atoms. The number of carbonyl (C=O) groups excluding carboxylic acids is 1. The molecule has 1 saturated heterocycles. The van der Waals surface area contributed by atoms with Gasteiger partial charge in [0, 0.05) is 42.0 Å². The molecule has 0 unspecified atom stereocenters. The van der Waals surface area contributed by atoms with Crippen molar-refractivity contribution in [3.8, 4) is 0 Å². The first-order valence-electron chi connectivity index (χ1n) is 8.88. The van der Waals surface area contributed by atoms with Gasteiger partial charge in [-0.05, 0) is 25.0 Å². The van der Waals surface area contributed by atoms with E-state index in [1.807, 2.05) is 21.7 Å². The Balaban J connectivity index is 1.63. The number of H-pyrrole nitrogens is 1. The zero-order valence-corrected chi connectivity index (χ0v) is 15.2. The molecule has 1 amide bonds. The number of aliphatic hydroxyl groups excluding tert-OH is 1. The Morgan fingerprint density at radius 2 is 2.08 bits per heavy atom. The van der Waals surface area contributed by atoms with Crippen LogP contribution >= 0.6 is 0 Å². The van der Waals surface area contributed by atoms with Gasteiger partial charge in [-0.15, -0.1) is 0 Å². The van der Waals surface area contributed by atoms with Crippen LogP contribution in [0.4, 0.5) is 0 Å². The van der Waals surface area contributed by atoms with E-state index in [4.69, 9.17) is 5.11 Å². The Kier molecular flexibility index (Phi) is 4.94. The molecule has 2 aromatic rings. The van der Waals surface area contributed by atoms with E-state index in [-0.39, 0.29) is 17.9 Å². The van der Waals surface area contributed by atoms with Crippen molar-refractivity contribution in [2.45, 2.75) is 51.5 Å². The van der Waals surface area contributed by atoms with Gasteiger partial charge in [0.2, 0.25) is 0 Å². The Bertz CT molecular complexity index is 720. The molecule has 7 nitrogen and oxygen atoms in total. The Morgan fingerprint density at radius 3 is 2.68 bits per heavy atom. The zero-order valence-electron chi connectivity index (χ0n) is 15.2. The number of hydrogen-bond acceptors (Lipinski definition) is 4. The highest BCUT2D eigenvalue weighted by Crippen LogP contribution is 2.29. The Labute approximate surface area is 148 Å². The zero-order chi connectivity index (χ0) is 18.0. The van der Waals surface area contributed by atoms with Gasteiger partial charge in [0.25, 0.3) is 5.91 Å². The molecule has 1 aliphatic heterocycles. The van der Waals surface area contributed by atoms with Crippen LogP contribution in [0.25, 0.3) is 0 Å². The van der Waals surface area contributed by atoms with Gasteiger partial charge in [-0.2, -0.15) is 10.2 Å². The Hall–Kier alpha value is -2.15. The molecule has 2 aromatic heterocycles. The number of nitrogens with one attached hydrogen (secondary N) is 1. The molecule has 0 radical (unpaired) electrons. The van der Waals surface area contributed by atoms with Crippen molar-refractivity contribution in [2.24, 2.45) is 0 Å². The van der Waals surface area contributed by atoms with Crippen LogP contribution in [0, 0.1) is 0 Å². The minimum absolute atomic E-state index is 0.00549. The van der Waals surface area contributed by atoms with Gasteiger partial charge in [0.1, 0.15) is 5.69 Å². The number of nitrogens with zero attached hydrogens (tertiary/aromatic N) is 4. The average molecular weight is 345 g/mol. The smallest absolute Gasteiger partial charge is 0.274 e. The predicted molar refractivity (Wildman–Crippen MR) is 94.5 cm³/mol. The number of aliphatic hydroxyl groups is 1. The maximum Gasteiger partial charge on any atom is 0.274 e. The van der Waals surface area contributed by atoms with Crippen molar-refractivity contribution < 1.29 is 9.90 Å². The predicted octanol–water partition coefficient (Wildman–Crippen LogP) is 1.92. The molecule has 2 N–H and O–H groups in total. The first-order valence-corrected chi connectivity index (χ1v) is 8.88. The van der Waals surface area contributed by atoms with Crippen LogP contribution in [0.15, 0.2) is 18.3 Å². The van der Waals surface area contributed by atoms with Gasteiger partial charge in [0.05, 0.1) is 13.2 Å². The number of piperidine rings is 1. The van der Waals surface area contributed by atoms with Crippen LogP contribution < -0.4 is 0 Å². The number of carbonyl (C=O) groups is 1. The summed E-state index contributed by atoms with van der Waals surface area (Å²) >= 11 is 0. The molecular weight excluding hydrogens is 318 g/mol. The summed E-state index contributed by atoms with van der Waals surface area (Å²) in [5.41, 5.74) is 2.56. The number of likely N-dealkylation sites (tertiary alicyclic amines) is 1. The fraction of sp³-hybridized carbons (Fsp3) is 0.611. The molecule has 1 fully saturated rings. The normalized spacial score (nSPS) is 16.4. The molecule has 0 aliphatic carbocycles. The highest BCUT2D eigenvalue weighted by molar-refractivity contribution is 5.92. The van der Waals surface area contributed by atoms with Crippen LogP contribution in [0.2, 0.25) is 0 Å². The van der Waals surface area contributed by atoms with Crippen molar-refractivity contribution in [1.29, 1.82) is 0 Å². The first kappa shape index (κ1) is 17.7. The molecule has 0 spiro atoms. The summed E-state index contributed by atoms with van der Waals surface area (Å²) in [6.07, 6.45) is 3.58. The molecule has 7 heteroatoms. The average Bonchev–Trinajstić information content (AvgIpc) is 3.24. The van der Waals surface area contributed by atoms with E-state index in [9.17, 15) is 4.79 Å². The third kappa shape index (κ3) is 3.76. The van der Waals surface area contributed by atoms with Gasteiger partial charge in [0.15, 0.2) is 0 Å². The van der Waals surface area contributed by atoms with Crippen molar-refractivity contribution >= 4 is 5.91 Å². The van der Waals surface area contributed by atoms with E-state index in [0.29, 0.717) is 31.2 Å². The maximum absolute atomic E-state index is 12.7. The van der Waals surface area contributed by atoms with Crippen LogP contribution in [0.3, 0.4) is 0 Å². The van der Waals surface area contributed by atoms with Gasteiger partial charge >= 0.3 is 0 Å². The lowest BCUT2D eigenvalue weighted by molar-refractivity contribution is 0.0705. The van der Waals surface area contributed by atoms with Gasteiger partial charge in [-0.3, -0.25) is 14.6 Å². The van der Waals surface area contributed by atoms with Crippen molar-refractivity contribution in [3.05, 3.63) is 35.4 Å². The maximum atomic E-state index is 12.7. The summed E-state index contributed by atoms with van der Waals surface area (Å²) < 4.78 is 1.87. The number of aromatic nitrogens is 4. The van der Waals surface area contributed by atoms with Crippen LogP contribution in [0.1, 0.15) is 61.4 Å². The quantitative estimate of drug-likeness (QED) is 0.886. The SMILES string of the molecule is CC(C)(C)c1cc(C(=O)N2CCC(c3ccnn3CCO)CC2)n[nH]1. The lowest BCUT2D eigenvalue weighted by Gasteiger charge is -2.31. The Morgan fingerprint density at radius 1 is 1.36 bits per heavy atom. The topological polar surface area (TPSA) is 87.0 Å².